The molecule has 1 aromatic carbocycles. The van der Waals surface area contributed by atoms with Crippen LogP contribution in [0.5, 0.6) is 0 Å². The fourth-order valence-electron chi connectivity index (χ4n) is 3.73. The second-order valence-corrected chi connectivity index (χ2v) is 8.90. The molecule has 7 heteroatoms. The zero-order valence-electron chi connectivity index (χ0n) is 19.1. The van der Waals surface area contributed by atoms with Crippen molar-refractivity contribution < 1.29 is 14.0 Å². The van der Waals surface area contributed by atoms with Crippen molar-refractivity contribution in [3.63, 3.8) is 0 Å². The van der Waals surface area contributed by atoms with Crippen LogP contribution in [0, 0.1) is 5.92 Å². The summed E-state index contributed by atoms with van der Waals surface area (Å²) < 4.78 is 5.53. The highest BCUT2D eigenvalue weighted by atomic mass is 32.1. The SMILES string of the molecule is CCC(CC)C(=O)N(Cc1ccco1)Cc1cc(NC(=O)c2cccs2)ccc1N(C)C. The number of benzene rings is 1. The minimum atomic E-state index is -0.135. The van der Waals surface area contributed by atoms with Gasteiger partial charge in [0.2, 0.25) is 5.91 Å². The van der Waals surface area contributed by atoms with E-state index in [-0.39, 0.29) is 17.7 Å². The Hall–Kier alpha value is -3.06. The van der Waals surface area contributed by atoms with Gasteiger partial charge in [0.25, 0.3) is 5.91 Å². The van der Waals surface area contributed by atoms with Crippen LogP contribution >= 0.6 is 11.3 Å². The minimum absolute atomic E-state index is 0.0329. The Balaban J connectivity index is 1.90. The Kier molecular flexibility index (Phi) is 8.11. The van der Waals surface area contributed by atoms with Crippen LogP contribution in [0.3, 0.4) is 0 Å². The van der Waals surface area contributed by atoms with Crippen LogP contribution in [0.1, 0.15) is 47.7 Å². The predicted octanol–water partition coefficient (Wildman–Crippen LogP) is 5.62. The molecule has 0 radical (unpaired) electrons. The number of thiophene rings is 1. The summed E-state index contributed by atoms with van der Waals surface area (Å²) in [5, 5.41) is 4.86. The number of amides is 2. The summed E-state index contributed by atoms with van der Waals surface area (Å²) in [6, 6.07) is 13.2. The van der Waals surface area contributed by atoms with Crippen molar-refractivity contribution in [2.45, 2.75) is 39.8 Å². The first-order valence-corrected chi connectivity index (χ1v) is 11.8. The molecule has 6 nitrogen and oxygen atoms in total. The smallest absolute Gasteiger partial charge is 0.265 e. The monoisotopic (exact) mass is 453 g/mol. The van der Waals surface area contributed by atoms with Gasteiger partial charge in [-0.25, -0.2) is 0 Å². The maximum atomic E-state index is 13.3. The van der Waals surface area contributed by atoms with Crippen LogP contribution in [-0.2, 0) is 17.9 Å². The van der Waals surface area contributed by atoms with E-state index in [9.17, 15) is 9.59 Å². The molecule has 2 amide bonds. The molecular weight excluding hydrogens is 422 g/mol. The first-order valence-electron chi connectivity index (χ1n) is 10.9. The topological polar surface area (TPSA) is 65.8 Å². The van der Waals surface area contributed by atoms with Gasteiger partial charge in [0.1, 0.15) is 5.76 Å². The summed E-state index contributed by atoms with van der Waals surface area (Å²) in [6.07, 6.45) is 3.21. The van der Waals surface area contributed by atoms with E-state index in [1.54, 1.807) is 12.3 Å². The lowest BCUT2D eigenvalue weighted by Gasteiger charge is -2.28. The number of carbonyl (C=O) groups excluding carboxylic acids is 2. The Bertz CT molecular complexity index is 1010. The quantitative estimate of drug-likeness (QED) is 0.432. The molecule has 0 aliphatic rings. The summed E-state index contributed by atoms with van der Waals surface area (Å²) in [5.41, 5.74) is 2.67. The highest BCUT2D eigenvalue weighted by Crippen LogP contribution is 2.27. The lowest BCUT2D eigenvalue weighted by Crippen LogP contribution is -2.35. The Morgan fingerprint density at radius 3 is 2.44 bits per heavy atom. The van der Waals surface area contributed by atoms with E-state index >= 15 is 0 Å². The molecule has 0 atom stereocenters. The molecule has 3 aromatic rings. The van der Waals surface area contributed by atoms with Gasteiger partial charge in [0, 0.05) is 37.9 Å². The Morgan fingerprint density at radius 2 is 1.84 bits per heavy atom. The summed E-state index contributed by atoms with van der Waals surface area (Å²) in [4.78, 5) is 30.4. The normalized spacial score (nSPS) is 10.9. The van der Waals surface area contributed by atoms with Crippen LogP contribution in [0.15, 0.2) is 58.5 Å². The van der Waals surface area contributed by atoms with Crippen molar-refractivity contribution in [3.05, 3.63) is 70.3 Å². The van der Waals surface area contributed by atoms with E-state index in [4.69, 9.17) is 4.42 Å². The fraction of sp³-hybridized carbons (Fsp3) is 0.360. The number of hydrogen-bond donors (Lipinski definition) is 1. The molecule has 2 heterocycles. The standard InChI is InChI=1S/C25H31N3O3S/c1-5-18(6-2)25(30)28(17-21-9-7-13-31-21)16-19-15-20(11-12-22(19)27(3)4)26-24(29)23-10-8-14-32-23/h7-15,18H,5-6,16-17H2,1-4H3,(H,26,29). The molecule has 0 unspecified atom stereocenters. The number of nitrogens with one attached hydrogen (secondary N) is 1. The summed E-state index contributed by atoms with van der Waals surface area (Å²) in [6.45, 7) is 4.92. The lowest BCUT2D eigenvalue weighted by molar-refractivity contribution is -0.137. The second kappa shape index (κ2) is 11.0. The van der Waals surface area contributed by atoms with Gasteiger partial charge >= 0.3 is 0 Å². The third-order valence-electron chi connectivity index (χ3n) is 5.50. The van der Waals surface area contributed by atoms with Gasteiger partial charge in [-0.1, -0.05) is 19.9 Å². The number of anilines is 2. The molecule has 0 saturated carbocycles. The molecule has 0 aliphatic carbocycles. The summed E-state index contributed by atoms with van der Waals surface area (Å²) in [7, 11) is 3.95. The average Bonchev–Trinajstić information content (AvgIpc) is 3.48. The molecule has 1 N–H and O–H groups in total. The van der Waals surface area contributed by atoms with Gasteiger partial charge < -0.3 is 19.5 Å². The third kappa shape index (κ3) is 5.79. The zero-order chi connectivity index (χ0) is 23.1. The molecule has 32 heavy (non-hydrogen) atoms. The molecule has 0 aliphatic heterocycles. The molecule has 2 aromatic heterocycles. The van der Waals surface area contributed by atoms with Gasteiger partial charge in [-0.2, -0.15) is 0 Å². The lowest BCUT2D eigenvalue weighted by atomic mass is 10.0. The summed E-state index contributed by atoms with van der Waals surface area (Å²) in [5.74, 6) is 0.695. The van der Waals surface area contributed by atoms with Gasteiger partial charge in [0.15, 0.2) is 0 Å². The highest BCUT2D eigenvalue weighted by Gasteiger charge is 2.24. The van der Waals surface area contributed by atoms with Crippen molar-refractivity contribution >= 4 is 34.5 Å². The van der Waals surface area contributed by atoms with Gasteiger partial charge in [-0.15, -0.1) is 11.3 Å². The maximum absolute atomic E-state index is 13.3. The molecule has 0 saturated heterocycles. The Morgan fingerprint density at radius 1 is 1.06 bits per heavy atom. The van der Waals surface area contributed by atoms with Crippen molar-refractivity contribution in [3.8, 4) is 0 Å². The van der Waals surface area contributed by atoms with E-state index in [0.717, 1.165) is 29.9 Å². The van der Waals surface area contributed by atoms with Crippen LogP contribution in [0.4, 0.5) is 11.4 Å². The fourth-order valence-corrected chi connectivity index (χ4v) is 4.35. The first-order chi connectivity index (χ1) is 15.4. The van der Waals surface area contributed by atoms with Crippen LogP contribution in [-0.4, -0.2) is 30.8 Å². The average molecular weight is 454 g/mol. The zero-order valence-corrected chi connectivity index (χ0v) is 19.9. The van der Waals surface area contributed by atoms with E-state index in [1.165, 1.54) is 11.3 Å². The maximum Gasteiger partial charge on any atom is 0.265 e. The van der Waals surface area contributed by atoms with E-state index < -0.39 is 0 Å². The molecule has 170 valence electrons. The predicted molar refractivity (Wildman–Crippen MR) is 130 cm³/mol. The van der Waals surface area contributed by atoms with Crippen molar-refractivity contribution in [1.82, 2.24) is 4.90 Å². The number of rotatable bonds is 10. The van der Waals surface area contributed by atoms with Crippen molar-refractivity contribution in [2.75, 3.05) is 24.3 Å². The molecule has 0 fully saturated rings. The third-order valence-corrected chi connectivity index (χ3v) is 6.37. The van der Waals surface area contributed by atoms with Crippen LogP contribution in [0.2, 0.25) is 0 Å². The van der Waals surface area contributed by atoms with Crippen LogP contribution in [0.25, 0.3) is 0 Å². The molecule has 3 rings (SSSR count). The molecule has 0 spiro atoms. The van der Waals surface area contributed by atoms with Crippen molar-refractivity contribution in [2.24, 2.45) is 5.92 Å². The summed E-state index contributed by atoms with van der Waals surface area (Å²) >= 11 is 1.40. The molecular formula is C25H31N3O3S. The van der Waals surface area contributed by atoms with E-state index in [0.29, 0.717) is 23.7 Å². The minimum Gasteiger partial charge on any atom is -0.467 e. The second-order valence-electron chi connectivity index (χ2n) is 7.96. The van der Waals surface area contributed by atoms with Crippen molar-refractivity contribution in [1.29, 1.82) is 0 Å². The van der Waals surface area contributed by atoms with E-state index in [1.807, 2.05) is 79.5 Å². The largest absolute Gasteiger partial charge is 0.467 e. The number of carbonyl (C=O) groups is 2. The Labute approximate surface area is 193 Å². The number of nitrogens with zero attached hydrogens (tertiary/aromatic N) is 2. The number of furan rings is 1. The number of hydrogen-bond acceptors (Lipinski definition) is 5. The van der Waals surface area contributed by atoms with Crippen LogP contribution < -0.4 is 10.2 Å². The van der Waals surface area contributed by atoms with Gasteiger partial charge in [-0.05, 0) is 60.2 Å². The van der Waals surface area contributed by atoms with Gasteiger partial charge in [0.05, 0.1) is 17.7 Å². The van der Waals surface area contributed by atoms with E-state index in [2.05, 4.69) is 5.32 Å². The highest BCUT2D eigenvalue weighted by molar-refractivity contribution is 7.12. The first kappa shape index (κ1) is 23.6. The molecule has 0 bridgehead atoms. The van der Waals surface area contributed by atoms with Gasteiger partial charge in [-0.3, -0.25) is 9.59 Å².